The molecule has 0 bridgehead atoms. The van der Waals surface area contributed by atoms with E-state index in [4.69, 9.17) is 9.72 Å². The number of amides is 1. The van der Waals surface area contributed by atoms with Gasteiger partial charge in [0.2, 0.25) is 5.91 Å². The van der Waals surface area contributed by atoms with Crippen LogP contribution in [0, 0.1) is 11.3 Å². The van der Waals surface area contributed by atoms with Crippen molar-refractivity contribution in [1.29, 1.82) is 5.26 Å². The number of fused-ring (bicyclic) bond motifs is 1. The predicted octanol–water partition coefficient (Wildman–Crippen LogP) is 4.12. The van der Waals surface area contributed by atoms with Gasteiger partial charge in [-0.3, -0.25) is 9.78 Å². The zero-order valence-corrected chi connectivity index (χ0v) is 19.7. The molecule has 174 valence electrons. The summed E-state index contributed by atoms with van der Waals surface area (Å²) in [5, 5.41) is 12.3. The first kappa shape index (κ1) is 22.3. The number of nitriles is 1. The number of nitrogens with zero attached hydrogens (tertiary/aromatic N) is 5. The lowest BCUT2D eigenvalue weighted by Gasteiger charge is -2.41. The smallest absolute Gasteiger partial charge is 0.225 e. The Balaban J connectivity index is 1.50. The molecule has 1 atom stereocenters. The molecule has 1 amide bonds. The molecule has 1 saturated carbocycles. The Morgan fingerprint density at radius 3 is 2.82 bits per heavy atom. The first-order chi connectivity index (χ1) is 16.6. The summed E-state index contributed by atoms with van der Waals surface area (Å²) in [5.41, 5.74) is 3.79. The van der Waals surface area contributed by atoms with Crippen LogP contribution in [-0.4, -0.2) is 60.2 Å². The van der Waals surface area contributed by atoms with Crippen molar-refractivity contribution >= 4 is 22.5 Å². The van der Waals surface area contributed by atoms with Gasteiger partial charge in [0.15, 0.2) is 0 Å². The summed E-state index contributed by atoms with van der Waals surface area (Å²) in [4.78, 5) is 26.0. The summed E-state index contributed by atoms with van der Waals surface area (Å²) < 4.78 is 5.07. The fourth-order valence-electron chi connectivity index (χ4n) is 4.94. The van der Waals surface area contributed by atoms with Crippen molar-refractivity contribution < 1.29 is 9.53 Å². The highest BCUT2D eigenvalue weighted by Gasteiger charge is 2.33. The number of aromatic nitrogens is 2. The van der Waals surface area contributed by atoms with Gasteiger partial charge in [0.1, 0.15) is 11.9 Å². The first-order valence-corrected chi connectivity index (χ1v) is 11.9. The van der Waals surface area contributed by atoms with Crippen molar-refractivity contribution in [1.82, 2.24) is 14.9 Å². The van der Waals surface area contributed by atoms with Crippen LogP contribution in [0.3, 0.4) is 0 Å². The number of anilines is 1. The maximum atomic E-state index is 12.5. The van der Waals surface area contributed by atoms with E-state index >= 15 is 0 Å². The van der Waals surface area contributed by atoms with Crippen molar-refractivity contribution in [3.8, 4) is 17.2 Å². The van der Waals surface area contributed by atoms with Crippen LogP contribution in [0.2, 0.25) is 0 Å². The molecule has 3 aromatic rings. The molecule has 5 rings (SSSR count). The lowest BCUT2D eigenvalue weighted by molar-refractivity contribution is -0.134. The third-order valence-corrected chi connectivity index (χ3v) is 6.85. The Labute approximate surface area is 200 Å². The van der Waals surface area contributed by atoms with Crippen LogP contribution in [-0.2, 0) is 9.53 Å². The van der Waals surface area contributed by atoms with Gasteiger partial charge < -0.3 is 14.5 Å². The minimum atomic E-state index is 0.0427. The number of methoxy groups -OCH3 is 1. The molecule has 3 heterocycles. The highest BCUT2D eigenvalue weighted by Crippen LogP contribution is 2.46. The van der Waals surface area contributed by atoms with E-state index in [1.54, 1.807) is 7.11 Å². The summed E-state index contributed by atoms with van der Waals surface area (Å²) in [6.45, 7) is 4.43. The SMILES string of the molecule is COCCC(=O)N1CCN(c2nc(C3CC3)c(-c3cccc4cnccc34)cc2C#N)CC1C. The van der Waals surface area contributed by atoms with Crippen molar-refractivity contribution in [2.45, 2.75) is 38.1 Å². The van der Waals surface area contributed by atoms with Crippen LogP contribution < -0.4 is 4.90 Å². The first-order valence-electron chi connectivity index (χ1n) is 11.9. The standard InChI is InChI=1S/C27H29N5O2/c1-18-17-31(11-12-32(18)25(33)9-13-34-2)27-21(15-28)14-24(26(30-27)19-6-7-19)23-5-3-4-20-16-29-10-8-22(20)23/h3-5,8,10,14,16,18-19H,6-7,9,11-13,17H2,1-2H3. The molecule has 1 unspecified atom stereocenters. The fourth-order valence-corrected chi connectivity index (χ4v) is 4.94. The van der Waals surface area contributed by atoms with Crippen LogP contribution in [0.25, 0.3) is 21.9 Å². The van der Waals surface area contributed by atoms with Gasteiger partial charge >= 0.3 is 0 Å². The molecular formula is C27H29N5O2. The second-order valence-corrected chi connectivity index (χ2v) is 9.21. The van der Waals surface area contributed by atoms with Crippen molar-refractivity contribution in [3.63, 3.8) is 0 Å². The molecule has 1 aliphatic carbocycles. The highest BCUT2D eigenvalue weighted by atomic mass is 16.5. The molecule has 2 aliphatic rings. The van der Waals surface area contributed by atoms with Gasteiger partial charge in [-0.2, -0.15) is 5.26 Å². The molecule has 34 heavy (non-hydrogen) atoms. The molecule has 7 nitrogen and oxygen atoms in total. The highest BCUT2D eigenvalue weighted by molar-refractivity contribution is 5.97. The third-order valence-electron chi connectivity index (χ3n) is 6.85. The quantitative estimate of drug-likeness (QED) is 0.556. The van der Waals surface area contributed by atoms with Crippen LogP contribution >= 0.6 is 0 Å². The van der Waals surface area contributed by atoms with Gasteiger partial charge in [-0.1, -0.05) is 18.2 Å². The Bertz CT molecular complexity index is 1260. The lowest BCUT2D eigenvalue weighted by Crippen LogP contribution is -2.54. The number of piperazine rings is 1. The summed E-state index contributed by atoms with van der Waals surface area (Å²) in [7, 11) is 1.61. The monoisotopic (exact) mass is 455 g/mol. The number of hydrogen-bond donors (Lipinski definition) is 0. The fraction of sp³-hybridized carbons (Fsp3) is 0.407. The minimum absolute atomic E-state index is 0.0427. The van der Waals surface area contributed by atoms with Gasteiger partial charge in [0, 0.05) is 62.0 Å². The normalized spacial score (nSPS) is 18.2. The van der Waals surface area contributed by atoms with Gasteiger partial charge in [-0.05, 0) is 42.8 Å². The van der Waals surface area contributed by atoms with E-state index in [1.165, 1.54) is 0 Å². The molecular weight excluding hydrogens is 426 g/mol. The van der Waals surface area contributed by atoms with E-state index < -0.39 is 0 Å². The molecule has 1 saturated heterocycles. The van der Waals surface area contributed by atoms with E-state index in [2.05, 4.69) is 35.0 Å². The Morgan fingerprint density at radius 1 is 1.24 bits per heavy atom. The average Bonchev–Trinajstić information content (AvgIpc) is 3.71. The number of carbonyl (C=O) groups excluding carboxylic acids is 1. The van der Waals surface area contributed by atoms with Gasteiger partial charge in [0.25, 0.3) is 0 Å². The van der Waals surface area contributed by atoms with Gasteiger partial charge in [0.05, 0.1) is 24.3 Å². The van der Waals surface area contributed by atoms with Crippen LogP contribution in [0.5, 0.6) is 0 Å². The van der Waals surface area contributed by atoms with E-state index in [9.17, 15) is 10.1 Å². The second-order valence-electron chi connectivity index (χ2n) is 9.21. The predicted molar refractivity (Wildman–Crippen MR) is 132 cm³/mol. The number of rotatable bonds is 6. The molecule has 2 fully saturated rings. The summed E-state index contributed by atoms with van der Waals surface area (Å²) in [6.07, 6.45) is 6.32. The number of benzene rings is 1. The summed E-state index contributed by atoms with van der Waals surface area (Å²) in [5.74, 6) is 1.28. The van der Waals surface area contributed by atoms with Gasteiger partial charge in [-0.15, -0.1) is 0 Å². The van der Waals surface area contributed by atoms with Crippen LogP contribution in [0.15, 0.2) is 42.7 Å². The Kier molecular flexibility index (Phi) is 6.16. The lowest BCUT2D eigenvalue weighted by atomic mass is 9.95. The van der Waals surface area contributed by atoms with E-state index in [0.717, 1.165) is 46.3 Å². The number of hydrogen-bond acceptors (Lipinski definition) is 6. The van der Waals surface area contributed by atoms with E-state index in [0.29, 0.717) is 44.1 Å². The molecule has 1 aliphatic heterocycles. The van der Waals surface area contributed by atoms with Crippen molar-refractivity contribution in [2.75, 3.05) is 38.3 Å². The average molecular weight is 456 g/mol. The summed E-state index contributed by atoms with van der Waals surface area (Å²) >= 11 is 0. The number of carbonyl (C=O) groups is 1. The topological polar surface area (TPSA) is 82.3 Å². The van der Waals surface area contributed by atoms with E-state index in [-0.39, 0.29) is 11.9 Å². The number of ether oxygens (including phenoxy) is 1. The maximum Gasteiger partial charge on any atom is 0.225 e. The van der Waals surface area contributed by atoms with E-state index in [1.807, 2.05) is 35.5 Å². The molecule has 2 aromatic heterocycles. The molecule has 0 spiro atoms. The zero-order valence-electron chi connectivity index (χ0n) is 19.7. The molecule has 7 heteroatoms. The largest absolute Gasteiger partial charge is 0.384 e. The van der Waals surface area contributed by atoms with Crippen LogP contribution in [0.4, 0.5) is 5.82 Å². The van der Waals surface area contributed by atoms with Crippen molar-refractivity contribution in [2.24, 2.45) is 0 Å². The van der Waals surface area contributed by atoms with Crippen LogP contribution in [0.1, 0.15) is 43.4 Å². The maximum absolute atomic E-state index is 12.5. The molecule has 0 radical (unpaired) electrons. The Morgan fingerprint density at radius 2 is 2.09 bits per heavy atom. The third kappa shape index (κ3) is 4.22. The van der Waals surface area contributed by atoms with Crippen molar-refractivity contribution in [3.05, 3.63) is 54.0 Å². The molecule has 0 N–H and O–H groups in total. The minimum Gasteiger partial charge on any atom is -0.384 e. The number of pyridine rings is 2. The molecule has 1 aromatic carbocycles. The summed E-state index contributed by atoms with van der Waals surface area (Å²) in [6, 6.07) is 12.7. The zero-order chi connectivity index (χ0) is 23.7. The Hall–Kier alpha value is -3.50. The van der Waals surface area contributed by atoms with Gasteiger partial charge in [-0.25, -0.2) is 4.98 Å². The second kappa shape index (κ2) is 9.40.